The summed E-state index contributed by atoms with van der Waals surface area (Å²) >= 11 is 0. The van der Waals surface area contributed by atoms with Crippen molar-refractivity contribution in [2.75, 3.05) is 38.6 Å². The summed E-state index contributed by atoms with van der Waals surface area (Å²) in [5.74, 6) is 1.24. The summed E-state index contributed by atoms with van der Waals surface area (Å²) in [5, 5.41) is 16.4. The fraction of sp³-hybridized carbons (Fsp3) is 0.750. The lowest BCUT2D eigenvalue weighted by molar-refractivity contribution is -0.127. The number of hydrogen-bond acceptors (Lipinski definition) is 7. The van der Waals surface area contributed by atoms with Crippen LogP contribution in [0.2, 0.25) is 0 Å². The minimum Gasteiger partial charge on any atom is -0.483 e. The molecule has 3 heterocycles. The second kappa shape index (κ2) is 10.7. The van der Waals surface area contributed by atoms with Gasteiger partial charge in [0.25, 0.3) is 6.47 Å². The van der Waals surface area contributed by atoms with Crippen molar-refractivity contribution in [1.29, 1.82) is 0 Å². The highest BCUT2D eigenvalue weighted by Crippen LogP contribution is 2.23. The molecule has 0 radical (unpaired) electrons. The molecule has 0 bridgehead atoms. The van der Waals surface area contributed by atoms with E-state index >= 15 is 0 Å². The maximum Gasteiger partial charge on any atom is 0.290 e. The summed E-state index contributed by atoms with van der Waals surface area (Å²) < 4.78 is 5.42. The number of H-pyrrole nitrogens is 1. The van der Waals surface area contributed by atoms with Crippen LogP contribution in [0.25, 0.3) is 0 Å². The van der Waals surface area contributed by atoms with Crippen molar-refractivity contribution in [2.24, 2.45) is 5.92 Å². The van der Waals surface area contributed by atoms with Gasteiger partial charge in [-0.3, -0.25) is 14.7 Å². The number of nitrogens with one attached hydrogen (secondary N) is 2. The molecule has 26 heavy (non-hydrogen) atoms. The third-order valence-corrected chi connectivity index (χ3v) is 4.82. The van der Waals surface area contributed by atoms with Gasteiger partial charge in [0.15, 0.2) is 0 Å². The zero-order valence-corrected chi connectivity index (χ0v) is 14.9. The Labute approximate surface area is 152 Å². The third-order valence-electron chi connectivity index (χ3n) is 4.82. The summed E-state index contributed by atoms with van der Waals surface area (Å²) in [5.41, 5.74) is 5.45. The minimum atomic E-state index is -0.250. The molecule has 10 nitrogen and oxygen atoms in total. The molecule has 2 fully saturated rings. The van der Waals surface area contributed by atoms with Gasteiger partial charge in [0.2, 0.25) is 11.9 Å². The molecule has 0 spiro atoms. The van der Waals surface area contributed by atoms with Crippen molar-refractivity contribution in [3.8, 4) is 0 Å². The molecule has 146 valence electrons. The number of piperidine rings is 1. The van der Waals surface area contributed by atoms with Crippen LogP contribution in [0.1, 0.15) is 31.5 Å². The number of carbonyl (C=O) groups excluding carboxylic acids is 1. The number of nitrogen functional groups attached to an aromatic ring is 1. The first kappa shape index (κ1) is 20.1. The number of rotatable bonds is 5. The molecule has 5 N–H and O–H groups in total. The minimum absolute atomic E-state index is 0.130. The van der Waals surface area contributed by atoms with Gasteiger partial charge in [0.05, 0.1) is 0 Å². The van der Waals surface area contributed by atoms with E-state index < -0.39 is 0 Å². The van der Waals surface area contributed by atoms with Crippen molar-refractivity contribution < 1.29 is 19.4 Å². The molecule has 2 aliphatic rings. The average Bonchev–Trinajstić information content (AvgIpc) is 3.08. The maximum atomic E-state index is 12.3. The number of nitrogens with two attached hydrogens (primary N) is 1. The highest BCUT2D eigenvalue weighted by atomic mass is 16.5. The molecule has 1 aromatic rings. The normalized spacial score (nSPS) is 19.4. The molecule has 1 aromatic heterocycles. The molecule has 2 saturated heterocycles. The zero-order chi connectivity index (χ0) is 18.8. The van der Waals surface area contributed by atoms with Crippen LogP contribution in [0.4, 0.5) is 5.95 Å². The van der Waals surface area contributed by atoms with Gasteiger partial charge >= 0.3 is 0 Å². The number of anilines is 1. The van der Waals surface area contributed by atoms with Crippen LogP contribution in [0, 0.1) is 5.92 Å². The van der Waals surface area contributed by atoms with Crippen LogP contribution >= 0.6 is 0 Å². The van der Waals surface area contributed by atoms with E-state index in [0.717, 1.165) is 52.0 Å². The average molecular weight is 368 g/mol. The van der Waals surface area contributed by atoms with Crippen molar-refractivity contribution in [3.05, 3.63) is 5.82 Å². The molecule has 3 rings (SSSR count). The van der Waals surface area contributed by atoms with Crippen molar-refractivity contribution in [3.63, 3.8) is 0 Å². The zero-order valence-electron chi connectivity index (χ0n) is 14.9. The van der Waals surface area contributed by atoms with Gasteiger partial charge in [-0.2, -0.15) is 4.98 Å². The lowest BCUT2D eigenvalue weighted by Crippen LogP contribution is -2.46. The Kier molecular flexibility index (Phi) is 8.29. The first-order valence-corrected chi connectivity index (χ1v) is 8.98. The highest BCUT2D eigenvalue weighted by molar-refractivity contribution is 5.78. The second-order valence-corrected chi connectivity index (χ2v) is 6.44. The highest BCUT2D eigenvalue weighted by Gasteiger charge is 2.29. The summed E-state index contributed by atoms with van der Waals surface area (Å²) in [4.78, 5) is 27.2. The predicted octanol–water partition coefficient (Wildman–Crippen LogP) is -0.363. The number of aromatic amines is 1. The van der Waals surface area contributed by atoms with Crippen molar-refractivity contribution in [2.45, 2.75) is 38.1 Å². The quantitative estimate of drug-likeness (QED) is 0.515. The smallest absolute Gasteiger partial charge is 0.290 e. The van der Waals surface area contributed by atoms with E-state index in [1.807, 2.05) is 0 Å². The van der Waals surface area contributed by atoms with Crippen LogP contribution < -0.4 is 11.1 Å². The number of hydrogen-bond donors (Lipinski definition) is 4. The number of likely N-dealkylation sites (tertiary alicyclic amines) is 1. The number of carboxylic acid groups (broad SMARTS) is 1. The molecule has 10 heteroatoms. The first-order chi connectivity index (χ1) is 12.6. The van der Waals surface area contributed by atoms with E-state index in [9.17, 15) is 4.79 Å². The molecule has 1 amide bonds. The lowest BCUT2D eigenvalue weighted by Gasteiger charge is -2.38. The Bertz CT molecular complexity index is 553. The lowest BCUT2D eigenvalue weighted by atomic mass is 9.93. The van der Waals surface area contributed by atoms with Gasteiger partial charge in [-0.1, -0.05) is 0 Å². The molecule has 0 aliphatic carbocycles. The second-order valence-electron chi connectivity index (χ2n) is 6.44. The monoisotopic (exact) mass is 368 g/mol. The van der Waals surface area contributed by atoms with Gasteiger partial charge in [0, 0.05) is 38.1 Å². The summed E-state index contributed by atoms with van der Waals surface area (Å²) in [7, 11) is 0. The maximum absolute atomic E-state index is 12.3. The number of nitrogens with zero attached hydrogens (tertiary/aromatic N) is 3. The summed E-state index contributed by atoms with van der Waals surface area (Å²) in [6.45, 7) is 4.09. The van der Waals surface area contributed by atoms with E-state index in [-0.39, 0.29) is 24.2 Å². The van der Waals surface area contributed by atoms with Crippen LogP contribution in [-0.2, 0) is 20.7 Å². The summed E-state index contributed by atoms with van der Waals surface area (Å²) in [6, 6.07) is 0.643. The topological polar surface area (TPSA) is 146 Å². The molecule has 0 unspecified atom stereocenters. The van der Waals surface area contributed by atoms with Gasteiger partial charge in [-0.25, -0.2) is 0 Å². The van der Waals surface area contributed by atoms with E-state index in [1.165, 1.54) is 0 Å². The Morgan fingerprint density at radius 3 is 2.58 bits per heavy atom. The van der Waals surface area contributed by atoms with Crippen LogP contribution in [-0.4, -0.2) is 76.5 Å². The molecule has 0 aromatic carbocycles. The Morgan fingerprint density at radius 2 is 2.00 bits per heavy atom. The first-order valence-electron chi connectivity index (χ1n) is 8.98. The fourth-order valence-corrected chi connectivity index (χ4v) is 3.45. The molecule has 2 aliphatic heterocycles. The van der Waals surface area contributed by atoms with Crippen LogP contribution in [0.5, 0.6) is 0 Å². The van der Waals surface area contributed by atoms with Crippen LogP contribution in [0.3, 0.4) is 0 Å². The van der Waals surface area contributed by atoms with Gasteiger partial charge in [0.1, 0.15) is 5.82 Å². The van der Waals surface area contributed by atoms with Gasteiger partial charge in [-0.05, 0) is 38.8 Å². The van der Waals surface area contributed by atoms with E-state index in [0.29, 0.717) is 24.8 Å². The van der Waals surface area contributed by atoms with Crippen LogP contribution in [0.15, 0.2) is 0 Å². The standard InChI is InChI=1S/C15H26N6O2.CH2O2/c16-15-18-13(19-20-15)1-6-17-14(22)11-2-7-21(8-3-11)12-4-9-23-10-5-12;2-1-3/h11-12H,1-10H2,(H,17,22)(H3,16,18,19,20);1H,(H,2,3). The van der Waals surface area contributed by atoms with Gasteiger partial charge in [-0.15, -0.1) is 5.10 Å². The Morgan fingerprint density at radius 1 is 1.35 bits per heavy atom. The van der Waals surface area contributed by atoms with Crippen molar-refractivity contribution in [1.82, 2.24) is 25.4 Å². The molecule has 0 saturated carbocycles. The SMILES string of the molecule is Nc1n[nH]c(CCNC(=O)C2CCN(C3CCOCC3)CC2)n1.O=CO. The van der Waals surface area contributed by atoms with E-state index in [1.54, 1.807) is 0 Å². The van der Waals surface area contributed by atoms with E-state index in [4.69, 9.17) is 20.4 Å². The largest absolute Gasteiger partial charge is 0.483 e. The Balaban J connectivity index is 0.000000758. The molecule has 0 atom stereocenters. The molecular formula is C16H28N6O4. The predicted molar refractivity (Wildman–Crippen MR) is 94.3 cm³/mol. The van der Waals surface area contributed by atoms with E-state index in [2.05, 4.69) is 25.4 Å². The number of aromatic nitrogens is 3. The van der Waals surface area contributed by atoms with Gasteiger partial charge < -0.3 is 25.8 Å². The fourth-order valence-electron chi connectivity index (χ4n) is 3.45. The number of ether oxygens (including phenoxy) is 1. The molecular weight excluding hydrogens is 340 g/mol. The summed E-state index contributed by atoms with van der Waals surface area (Å²) in [6.07, 6.45) is 4.75. The Hall–Kier alpha value is -2.20. The van der Waals surface area contributed by atoms with Crippen molar-refractivity contribution >= 4 is 18.3 Å². The number of carbonyl (C=O) groups is 2. The third kappa shape index (κ3) is 6.26. The number of amides is 1.